The van der Waals surface area contributed by atoms with Gasteiger partial charge in [0.05, 0.1) is 26.1 Å². The Bertz CT molecular complexity index is 381. The summed E-state index contributed by atoms with van der Waals surface area (Å²) in [5, 5.41) is 0. The van der Waals surface area contributed by atoms with Crippen molar-refractivity contribution >= 4 is 29.5 Å². The monoisotopic (exact) mass is 389 g/mol. The van der Waals surface area contributed by atoms with Gasteiger partial charge in [0.2, 0.25) is 0 Å². The van der Waals surface area contributed by atoms with E-state index in [0.717, 1.165) is 30.9 Å². The summed E-state index contributed by atoms with van der Waals surface area (Å²) in [6.45, 7) is 8.29. The molecule has 0 bridgehead atoms. The molecular formula is C19H35NO5S. The minimum absolute atomic E-state index is 0.204. The third kappa shape index (κ3) is 15.2. The lowest BCUT2D eigenvalue weighted by molar-refractivity contribution is -0.143. The highest BCUT2D eigenvalue weighted by Gasteiger charge is 2.11. The summed E-state index contributed by atoms with van der Waals surface area (Å²) in [7, 11) is 0. The number of ketones is 1. The molecule has 0 radical (unpaired) electrons. The molecule has 0 saturated carbocycles. The first-order chi connectivity index (χ1) is 12.5. The van der Waals surface area contributed by atoms with Gasteiger partial charge in [0.1, 0.15) is 5.78 Å². The lowest BCUT2D eigenvalue weighted by Crippen LogP contribution is -2.30. The van der Waals surface area contributed by atoms with E-state index in [9.17, 15) is 14.4 Å². The summed E-state index contributed by atoms with van der Waals surface area (Å²) in [6, 6.07) is 0. The van der Waals surface area contributed by atoms with Crippen LogP contribution in [0, 0.1) is 0 Å². The third-order valence-electron chi connectivity index (χ3n) is 3.81. The Hall–Kier alpha value is -1.08. The number of nitrogens with zero attached hydrogens (tertiary/aromatic N) is 1. The van der Waals surface area contributed by atoms with Gasteiger partial charge in [-0.2, -0.15) is 11.8 Å². The number of thioether (sulfide) groups is 1. The van der Waals surface area contributed by atoms with Gasteiger partial charge in [-0.3, -0.25) is 14.4 Å². The highest BCUT2D eigenvalue weighted by molar-refractivity contribution is 7.99. The van der Waals surface area contributed by atoms with Gasteiger partial charge in [0.15, 0.2) is 0 Å². The fraction of sp³-hybridized carbons (Fsp3) is 0.842. The molecule has 0 aromatic carbocycles. The van der Waals surface area contributed by atoms with Crippen LogP contribution in [-0.2, 0) is 23.9 Å². The second-order valence-electron chi connectivity index (χ2n) is 5.91. The van der Waals surface area contributed by atoms with E-state index < -0.39 is 0 Å². The first kappa shape index (κ1) is 24.9. The summed E-state index contributed by atoms with van der Waals surface area (Å²) >= 11 is 1.81. The van der Waals surface area contributed by atoms with Crippen molar-refractivity contribution in [2.45, 2.75) is 59.3 Å². The van der Waals surface area contributed by atoms with Crippen molar-refractivity contribution < 1.29 is 23.9 Å². The van der Waals surface area contributed by atoms with Gasteiger partial charge in [0, 0.05) is 31.7 Å². The molecule has 0 aliphatic rings. The number of carbonyl (C=O) groups excluding carboxylic acids is 3. The van der Waals surface area contributed by atoms with Crippen LogP contribution >= 0.6 is 11.8 Å². The second kappa shape index (κ2) is 17.3. The van der Waals surface area contributed by atoms with Gasteiger partial charge < -0.3 is 14.4 Å². The number of Topliss-reactive ketones (excluding diaryl/α,β-unsaturated/α-hetero) is 1. The van der Waals surface area contributed by atoms with E-state index in [0.29, 0.717) is 57.8 Å². The van der Waals surface area contributed by atoms with Crippen LogP contribution in [0.3, 0.4) is 0 Å². The van der Waals surface area contributed by atoms with Crippen molar-refractivity contribution in [1.82, 2.24) is 4.90 Å². The van der Waals surface area contributed by atoms with E-state index in [1.165, 1.54) is 0 Å². The molecule has 0 aliphatic heterocycles. The van der Waals surface area contributed by atoms with E-state index >= 15 is 0 Å². The van der Waals surface area contributed by atoms with Gasteiger partial charge in [-0.05, 0) is 39.0 Å². The summed E-state index contributed by atoms with van der Waals surface area (Å²) in [6.07, 6.45) is 4.01. The molecule has 26 heavy (non-hydrogen) atoms. The third-order valence-corrected chi connectivity index (χ3v) is 4.88. The van der Waals surface area contributed by atoms with E-state index in [4.69, 9.17) is 9.47 Å². The minimum Gasteiger partial charge on any atom is -0.466 e. The largest absolute Gasteiger partial charge is 0.466 e. The van der Waals surface area contributed by atoms with Gasteiger partial charge in [-0.15, -0.1) is 0 Å². The SMILES string of the molecule is CCOC(=O)CCN(CCCCSCCC(=O)CC)CCC(=O)OCC. The summed E-state index contributed by atoms with van der Waals surface area (Å²) < 4.78 is 9.93. The maximum Gasteiger partial charge on any atom is 0.307 e. The maximum atomic E-state index is 11.5. The fourth-order valence-corrected chi connectivity index (χ4v) is 3.29. The standard InChI is InChI=1S/C19H35NO5S/c1-4-17(21)11-16-26-15-8-7-12-20(13-9-18(22)24-5-2)14-10-19(23)25-6-3/h4-16H2,1-3H3. The zero-order valence-electron chi connectivity index (χ0n) is 16.6. The Kier molecular flexibility index (Phi) is 16.6. The molecule has 0 heterocycles. The van der Waals surface area contributed by atoms with Gasteiger partial charge >= 0.3 is 11.9 Å². The van der Waals surface area contributed by atoms with E-state index in [1.54, 1.807) is 13.8 Å². The molecular weight excluding hydrogens is 354 g/mol. The topological polar surface area (TPSA) is 72.9 Å². The zero-order valence-corrected chi connectivity index (χ0v) is 17.4. The van der Waals surface area contributed by atoms with Crippen LogP contribution in [0.15, 0.2) is 0 Å². The van der Waals surface area contributed by atoms with Crippen LogP contribution in [-0.4, -0.2) is 67.0 Å². The summed E-state index contributed by atoms with van der Waals surface area (Å²) in [5.41, 5.74) is 0. The molecule has 0 rings (SSSR count). The molecule has 6 nitrogen and oxygen atoms in total. The Balaban J connectivity index is 4.03. The number of carbonyl (C=O) groups is 3. The van der Waals surface area contributed by atoms with Crippen molar-refractivity contribution in [3.63, 3.8) is 0 Å². The zero-order chi connectivity index (χ0) is 19.6. The van der Waals surface area contributed by atoms with Crippen molar-refractivity contribution in [2.24, 2.45) is 0 Å². The van der Waals surface area contributed by atoms with Crippen LogP contribution in [0.2, 0.25) is 0 Å². The van der Waals surface area contributed by atoms with Crippen molar-refractivity contribution in [3.05, 3.63) is 0 Å². The lowest BCUT2D eigenvalue weighted by Gasteiger charge is -2.21. The van der Waals surface area contributed by atoms with Crippen LogP contribution in [0.1, 0.15) is 59.3 Å². The van der Waals surface area contributed by atoms with E-state index in [2.05, 4.69) is 4.90 Å². The lowest BCUT2D eigenvalue weighted by atomic mass is 10.2. The number of unbranched alkanes of at least 4 members (excludes halogenated alkanes) is 1. The normalized spacial score (nSPS) is 10.8. The Morgan fingerprint density at radius 1 is 0.769 bits per heavy atom. The van der Waals surface area contributed by atoms with Crippen LogP contribution in [0.4, 0.5) is 0 Å². The molecule has 0 saturated heterocycles. The molecule has 0 aromatic heterocycles. The molecule has 0 amide bonds. The smallest absolute Gasteiger partial charge is 0.307 e. The Morgan fingerprint density at radius 3 is 1.85 bits per heavy atom. The second-order valence-corrected chi connectivity index (χ2v) is 7.14. The number of hydrogen-bond donors (Lipinski definition) is 0. The molecule has 0 fully saturated rings. The number of ether oxygens (including phenoxy) is 2. The van der Waals surface area contributed by atoms with Gasteiger partial charge in [-0.1, -0.05) is 6.92 Å². The molecule has 0 unspecified atom stereocenters. The van der Waals surface area contributed by atoms with Crippen molar-refractivity contribution in [2.75, 3.05) is 44.4 Å². The summed E-state index contributed by atoms with van der Waals surface area (Å²) in [4.78, 5) is 36.5. The molecule has 0 aliphatic carbocycles. The minimum atomic E-state index is -0.204. The fourth-order valence-electron chi connectivity index (χ4n) is 2.30. The molecule has 0 spiro atoms. The van der Waals surface area contributed by atoms with Crippen LogP contribution < -0.4 is 0 Å². The number of esters is 2. The molecule has 0 N–H and O–H groups in total. The predicted molar refractivity (Wildman–Crippen MR) is 105 cm³/mol. The maximum absolute atomic E-state index is 11.5. The van der Waals surface area contributed by atoms with Gasteiger partial charge in [0.25, 0.3) is 0 Å². The van der Waals surface area contributed by atoms with Crippen LogP contribution in [0.5, 0.6) is 0 Å². The molecule has 0 aromatic rings. The predicted octanol–water partition coefficient (Wildman–Crippen LogP) is 3.08. The molecule has 152 valence electrons. The Morgan fingerprint density at radius 2 is 1.35 bits per heavy atom. The van der Waals surface area contributed by atoms with Crippen molar-refractivity contribution in [1.29, 1.82) is 0 Å². The highest BCUT2D eigenvalue weighted by Crippen LogP contribution is 2.09. The first-order valence-electron chi connectivity index (χ1n) is 9.66. The highest BCUT2D eigenvalue weighted by atomic mass is 32.2. The van der Waals surface area contributed by atoms with Gasteiger partial charge in [-0.25, -0.2) is 0 Å². The molecule has 7 heteroatoms. The number of hydrogen-bond acceptors (Lipinski definition) is 7. The van der Waals surface area contributed by atoms with E-state index in [1.807, 2.05) is 18.7 Å². The van der Waals surface area contributed by atoms with E-state index in [-0.39, 0.29) is 11.9 Å². The Labute approximate surface area is 162 Å². The van der Waals surface area contributed by atoms with Crippen molar-refractivity contribution in [3.8, 4) is 0 Å². The molecule has 0 atom stereocenters. The summed E-state index contributed by atoms with van der Waals surface area (Å²) in [5.74, 6) is 1.83. The van der Waals surface area contributed by atoms with Crippen LogP contribution in [0.25, 0.3) is 0 Å². The average molecular weight is 390 g/mol. The number of rotatable bonds is 17. The quantitative estimate of drug-likeness (QED) is 0.280. The first-order valence-corrected chi connectivity index (χ1v) is 10.8. The average Bonchev–Trinajstić information content (AvgIpc) is 2.62.